The molecule has 4 heteroatoms. The lowest BCUT2D eigenvalue weighted by molar-refractivity contribution is -0.428. The number of nitro groups is 1. The zero-order chi connectivity index (χ0) is 11.8. The highest BCUT2D eigenvalue weighted by Crippen LogP contribution is 2.50. The molecule has 0 aromatic carbocycles. The Morgan fingerprint density at radius 1 is 1.56 bits per heavy atom. The molecule has 0 unspecified atom stereocenters. The maximum absolute atomic E-state index is 11.2. The number of allylic oxidation sites excluding steroid dienone is 4. The third-order valence-electron chi connectivity index (χ3n) is 3.55. The molecule has 4 nitrogen and oxygen atoms in total. The predicted octanol–water partition coefficient (Wildman–Crippen LogP) is 2.48. The van der Waals surface area contributed by atoms with Gasteiger partial charge in [-0.15, -0.1) is 0 Å². The molecule has 0 bridgehead atoms. The quantitative estimate of drug-likeness (QED) is 0.418. The minimum absolute atomic E-state index is 0.235. The van der Waals surface area contributed by atoms with E-state index in [0.29, 0.717) is 18.8 Å². The van der Waals surface area contributed by atoms with Gasteiger partial charge < -0.3 is 4.79 Å². The van der Waals surface area contributed by atoms with Crippen LogP contribution in [0.2, 0.25) is 0 Å². The first-order valence-electron chi connectivity index (χ1n) is 5.59. The van der Waals surface area contributed by atoms with Crippen LogP contribution in [0.4, 0.5) is 0 Å². The Morgan fingerprint density at radius 3 is 2.75 bits per heavy atom. The summed E-state index contributed by atoms with van der Waals surface area (Å²) in [7, 11) is 0. The van der Waals surface area contributed by atoms with E-state index in [-0.39, 0.29) is 10.6 Å². The number of carbonyl (C=O) groups is 1. The van der Waals surface area contributed by atoms with Gasteiger partial charge in [0.15, 0.2) is 0 Å². The minimum Gasteiger partial charge on any atom is -0.302 e. The van der Waals surface area contributed by atoms with Crippen molar-refractivity contribution in [3.63, 3.8) is 0 Å². The second-order valence-corrected chi connectivity index (χ2v) is 4.88. The van der Waals surface area contributed by atoms with Gasteiger partial charge in [-0.25, -0.2) is 0 Å². The van der Waals surface area contributed by atoms with Gasteiger partial charge in [-0.05, 0) is 30.8 Å². The minimum atomic E-state index is -0.429. The lowest BCUT2D eigenvalue weighted by atomic mass is 9.59. The summed E-state index contributed by atoms with van der Waals surface area (Å²) in [4.78, 5) is 21.6. The molecule has 0 heterocycles. The Kier molecular flexibility index (Phi) is 2.66. The molecule has 2 rings (SSSR count). The van der Waals surface area contributed by atoms with Gasteiger partial charge in [0.1, 0.15) is 6.29 Å². The highest BCUT2D eigenvalue weighted by Gasteiger charge is 2.45. The Balaban J connectivity index is 2.24. The van der Waals surface area contributed by atoms with E-state index in [0.717, 1.165) is 24.7 Å². The van der Waals surface area contributed by atoms with E-state index in [1.54, 1.807) is 6.08 Å². The molecule has 1 fully saturated rings. The fourth-order valence-corrected chi connectivity index (χ4v) is 2.76. The summed E-state index contributed by atoms with van der Waals surface area (Å²) in [6.07, 6.45) is 7.34. The number of nitrogens with zero attached hydrogens (tertiary/aromatic N) is 1. The topological polar surface area (TPSA) is 60.2 Å². The molecule has 0 amide bonds. The molecule has 0 N–H and O–H groups in total. The first-order chi connectivity index (χ1) is 7.57. The smallest absolute Gasteiger partial charge is 0.246 e. The molecule has 0 aliphatic heterocycles. The summed E-state index contributed by atoms with van der Waals surface area (Å²) in [5.74, 6) is 0.542. The van der Waals surface area contributed by atoms with E-state index in [4.69, 9.17) is 0 Å². The van der Waals surface area contributed by atoms with Crippen molar-refractivity contribution in [2.75, 3.05) is 0 Å². The van der Waals surface area contributed by atoms with Gasteiger partial charge in [0.25, 0.3) is 0 Å². The molecule has 0 atom stereocenters. The SMILES string of the molecule is CC1CC(C=O)(C2=CCCC([N+](=O)[O-])=C2)C1. The van der Waals surface area contributed by atoms with Gasteiger partial charge in [-0.1, -0.05) is 13.0 Å². The second kappa shape index (κ2) is 3.85. The molecule has 2 aliphatic carbocycles. The van der Waals surface area contributed by atoms with E-state index in [2.05, 4.69) is 6.92 Å². The summed E-state index contributed by atoms with van der Waals surface area (Å²) in [5.41, 5.74) is 0.665. The van der Waals surface area contributed by atoms with Gasteiger partial charge in [0, 0.05) is 12.5 Å². The van der Waals surface area contributed by atoms with Crippen molar-refractivity contribution in [3.8, 4) is 0 Å². The number of carbonyl (C=O) groups excluding carboxylic acids is 1. The van der Waals surface area contributed by atoms with E-state index >= 15 is 0 Å². The molecule has 0 aromatic rings. The van der Waals surface area contributed by atoms with Crippen molar-refractivity contribution in [2.45, 2.75) is 32.6 Å². The molecule has 86 valence electrons. The van der Waals surface area contributed by atoms with Gasteiger partial charge in [0.2, 0.25) is 5.70 Å². The fraction of sp³-hybridized carbons (Fsp3) is 0.583. The summed E-state index contributed by atoms with van der Waals surface area (Å²) in [5, 5.41) is 10.7. The van der Waals surface area contributed by atoms with Crippen LogP contribution >= 0.6 is 0 Å². The lowest BCUT2D eigenvalue weighted by Crippen LogP contribution is -2.39. The van der Waals surface area contributed by atoms with Crippen molar-refractivity contribution < 1.29 is 9.72 Å². The van der Waals surface area contributed by atoms with Crippen LogP contribution in [0.1, 0.15) is 32.6 Å². The molecule has 0 radical (unpaired) electrons. The Bertz CT molecular complexity index is 389. The van der Waals surface area contributed by atoms with Crippen molar-refractivity contribution in [3.05, 3.63) is 33.5 Å². The zero-order valence-corrected chi connectivity index (χ0v) is 9.31. The molecular weight excluding hydrogens is 206 g/mol. The number of hydrogen-bond donors (Lipinski definition) is 0. The van der Waals surface area contributed by atoms with Crippen LogP contribution in [0.15, 0.2) is 23.4 Å². The van der Waals surface area contributed by atoms with Crippen LogP contribution in [0, 0.1) is 21.4 Å². The van der Waals surface area contributed by atoms with Crippen molar-refractivity contribution >= 4 is 6.29 Å². The van der Waals surface area contributed by atoms with Crippen LogP contribution in [0.25, 0.3) is 0 Å². The Hall–Kier alpha value is -1.45. The largest absolute Gasteiger partial charge is 0.302 e. The molecule has 0 saturated heterocycles. The standard InChI is InChI=1S/C12H15NO3/c1-9-6-12(7-9,8-14)10-3-2-4-11(5-10)13(15)16/h3,5,8-9H,2,4,6-7H2,1H3. The molecule has 0 spiro atoms. The number of aldehydes is 1. The highest BCUT2D eigenvalue weighted by atomic mass is 16.6. The number of hydrogen-bond acceptors (Lipinski definition) is 3. The first-order valence-corrected chi connectivity index (χ1v) is 5.59. The van der Waals surface area contributed by atoms with Gasteiger partial charge in [-0.2, -0.15) is 0 Å². The van der Waals surface area contributed by atoms with Gasteiger partial charge in [-0.3, -0.25) is 10.1 Å². The monoisotopic (exact) mass is 221 g/mol. The second-order valence-electron chi connectivity index (χ2n) is 4.88. The number of rotatable bonds is 3. The van der Waals surface area contributed by atoms with Crippen molar-refractivity contribution in [1.29, 1.82) is 0 Å². The van der Waals surface area contributed by atoms with Crippen LogP contribution < -0.4 is 0 Å². The van der Waals surface area contributed by atoms with E-state index in [9.17, 15) is 14.9 Å². The van der Waals surface area contributed by atoms with Crippen LogP contribution in [0.3, 0.4) is 0 Å². The average Bonchev–Trinajstić information content (AvgIpc) is 2.24. The van der Waals surface area contributed by atoms with Crippen molar-refractivity contribution in [1.82, 2.24) is 0 Å². The molecular formula is C12H15NO3. The molecule has 1 saturated carbocycles. The Morgan fingerprint density at radius 2 is 2.25 bits per heavy atom. The van der Waals surface area contributed by atoms with Gasteiger partial charge in [0.05, 0.1) is 10.3 Å². The third kappa shape index (κ3) is 1.68. The fourth-order valence-electron chi connectivity index (χ4n) is 2.76. The van der Waals surface area contributed by atoms with E-state index < -0.39 is 5.41 Å². The predicted molar refractivity (Wildman–Crippen MR) is 59.3 cm³/mol. The van der Waals surface area contributed by atoms with Gasteiger partial charge >= 0.3 is 0 Å². The molecule has 0 aromatic heterocycles. The normalized spacial score (nSPS) is 33.4. The summed E-state index contributed by atoms with van der Waals surface area (Å²) >= 11 is 0. The van der Waals surface area contributed by atoms with Crippen molar-refractivity contribution in [2.24, 2.45) is 11.3 Å². The highest BCUT2D eigenvalue weighted by molar-refractivity contribution is 5.69. The summed E-state index contributed by atoms with van der Waals surface area (Å²) < 4.78 is 0. The van der Waals surface area contributed by atoms with Crippen LogP contribution in [0.5, 0.6) is 0 Å². The maximum Gasteiger partial charge on any atom is 0.246 e. The molecule has 16 heavy (non-hydrogen) atoms. The van der Waals surface area contributed by atoms with Crippen LogP contribution in [-0.2, 0) is 4.79 Å². The van der Waals surface area contributed by atoms with Crippen LogP contribution in [-0.4, -0.2) is 11.2 Å². The zero-order valence-electron chi connectivity index (χ0n) is 9.31. The molecule has 2 aliphatic rings. The lowest BCUT2D eigenvalue weighted by Gasteiger charge is -2.43. The first kappa shape index (κ1) is 11.0. The van der Waals surface area contributed by atoms with E-state index in [1.165, 1.54) is 0 Å². The average molecular weight is 221 g/mol. The summed E-state index contributed by atoms with van der Waals surface area (Å²) in [6.45, 7) is 2.10. The third-order valence-corrected chi connectivity index (χ3v) is 3.55. The maximum atomic E-state index is 11.2. The summed E-state index contributed by atoms with van der Waals surface area (Å²) in [6, 6.07) is 0. The van der Waals surface area contributed by atoms with E-state index in [1.807, 2.05) is 6.08 Å². The Labute approximate surface area is 94.2 Å².